The Labute approximate surface area is 117 Å². The molecule has 1 aromatic carbocycles. The summed E-state index contributed by atoms with van der Waals surface area (Å²) in [5.41, 5.74) is 1.17. The minimum absolute atomic E-state index is 0.555. The van der Waals surface area contributed by atoms with Crippen molar-refractivity contribution in [3.63, 3.8) is 0 Å². The Kier molecular flexibility index (Phi) is 4.42. The average molecular weight is 275 g/mol. The summed E-state index contributed by atoms with van der Waals surface area (Å²) in [5.74, 6) is 1.69. The Bertz CT molecular complexity index is 564. The molecule has 1 atom stereocenters. The Hall–Kier alpha value is -2.27. The fourth-order valence-corrected chi connectivity index (χ4v) is 2.01. The lowest BCUT2D eigenvalue weighted by molar-refractivity contribution is 0.208. The van der Waals surface area contributed by atoms with Gasteiger partial charge in [0.05, 0.1) is 33.1 Å². The number of nitrogens with zero attached hydrogens (tertiary/aromatic N) is 1. The highest BCUT2D eigenvalue weighted by molar-refractivity contribution is 5.49. The molecule has 0 fully saturated rings. The quantitative estimate of drug-likeness (QED) is 0.906. The molecule has 1 heterocycles. The third kappa shape index (κ3) is 2.67. The average Bonchev–Trinajstić information content (AvgIpc) is 2.53. The molecule has 1 N–H and O–H groups in total. The molecule has 1 aromatic heterocycles. The molecular weight excluding hydrogens is 258 g/mol. The van der Waals surface area contributed by atoms with E-state index in [4.69, 9.17) is 14.2 Å². The number of hydrogen-bond donors (Lipinski definition) is 1. The zero-order valence-corrected chi connectivity index (χ0v) is 11.7. The van der Waals surface area contributed by atoms with E-state index in [2.05, 4.69) is 4.98 Å². The number of aliphatic hydroxyl groups is 1. The van der Waals surface area contributed by atoms with Crippen LogP contribution in [0.5, 0.6) is 17.2 Å². The highest BCUT2D eigenvalue weighted by Crippen LogP contribution is 2.37. The number of benzene rings is 1. The maximum atomic E-state index is 10.6. The number of methoxy groups -OCH3 is 3. The van der Waals surface area contributed by atoms with E-state index in [0.717, 1.165) is 0 Å². The fraction of sp³-hybridized carbons (Fsp3) is 0.267. The number of ether oxygens (including phenoxy) is 3. The van der Waals surface area contributed by atoms with Crippen LogP contribution in [0.4, 0.5) is 0 Å². The van der Waals surface area contributed by atoms with E-state index in [1.165, 1.54) is 0 Å². The van der Waals surface area contributed by atoms with E-state index in [1.54, 1.807) is 58.0 Å². The van der Waals surface area contributed by atoms with Crippen LogP contribution in [-0.2, 0) is 0 Å². The predicted molar refractivity (Wildman–Crippen MR) is 74.4 cm³/mol. The highest BCUT2D eigenvalue weighted by Gasteiger charge is 2.21. The van der Waals surface area contributed by atoms with E-state index in [9.17, 15) is 5.11 Å². The molecule has 0 bridgehead atoms. The largest absolute Gasteiger partial charge is 0.496 e. The van der Waals surface area contributed by atoms with Crippen LogP contribution in [0.15, 0.2) is 36.7 Å². The molecule has 2 rings (SSSR count). The second-order valence-electron chi connectivity index (χ2n) is 4.14. The molecule has 0 amide bonds. The maximum absolute atomic E-state index is 10.6. The van der Waals surface area contributed by atoms with E-state index in [0.29, 0.717) is 28.4 Å². The van der Waals surface area contributed by atoms with E-state index in [1.807, 2.05) is 0 Å². The van der Waals surface area contributed by atoms with Gasteiger partial charge in [0.25, 0.3) is 0 Å². The Morgan fingerprint density at radius 1 is 1.00 bits per heavy atom. The van der Waals surface area contributed by atoms with Gasteiger partial charge in [-0.15, -0.1) is 0 Å². The van der Waals surface area contributed by atoms with Crippen molar-refractivity contribution < 1.29 is 19.3 Å². The van der Waals surface area contributed by atoms with Gasteiger partial charge in [0, 0.05) is 11.8 Å². The predicted octanol–water partition coefficient (Wildman–Crippen LogP) is 2.19. The summed E-state index contributed by atoms with van der Waals surface area (Å²) >= 11 is 0. The summed E-state index contributed by atoms with van der Waals surface area (Å²) < 4.78 is 15.7. The number of aromatic nitrogens is 1. The van der Waals surface area contributed by atoms with Crippen molar-refractivity contribution in [1.29, 1.82) is 0 Å². The third-order valence-electron chi connectivity index (χ3n) is 3.03. The van der Waals surface area contributed by atoms with E-state index in [-0.39, 0.29) is 0 Å². The second-order valence-corrected chi connectivity index (χ2v) is 4.14. The molecule has 0 aliphatic carbocycles. The first-order valence-electron chi connectivity index (χ1n) is 6.09. The smallest absolute Gasteiger partial charge is 0.137 e. The first kappa shape index (κ1) is 14.1. The molecule has 20 heavy (non-hydrogen) atoms. The van der Waals surface area contributed by atoms with Crippen LogP contribution in [0.3, 0.4) is 0 Å². The van der Waals surface area contributed by atoms with Crippen LogP contribution >= 0.6 is 0 Å². The van der Waals surface area contributed by atoms with Gasteiger partial charge >= 0.3 is 0 Å². The summed E-state index contributed by atoms with van der Waals surface area (Å²) in [6.45, 7) is 0. The van der Waals surface area contributed by atoms with Crippen molar-refractivity contribution in [2.24, 2.45) is 0 Å². The van der Waals surface area contributed by atoms with Crippen molar-refractivity contribution in [2.45, 2.75) is 6.10 Å². The summed E-state index contributed by atoms with van der Waals surface area (Å²) in [6.07, 6.45) is 2.25. The Morgan fingerprint density at radius 3 is 2.20 bits per heavy atom. The topological polar surface area (TPSA) is 60.8 Å². The monoisotopic (exact) mass is 275 g/mol. The number of aliphatic hydroxyl groups excluding tert-OH is 1. The molecule has 5 nitrogen and oxygen atoms in total. The van der Waals surface area contributed by atoms with E-state index < -0.39 is 6.10 Å². The minimum Gasteiger partial charge on any atom is -0.496 e. The van der Waals surface area contributed by atoms with Gasteiger partial charge in [-0.25, -0.2) is 0 Å². The van der Waals surface area contributed by atoms with Crippen LogP contribution in [0.25, 0.3) is 0 Å². The SMILES string of the molecule is COc1cncc(C(O)c2c(OC)cccc2OC)c1. The highest BCUT2D eigenvalue weighted by atomic mass is 16.5. The van der Waals surface area contributed by atoms with Crippen molar-refractivity contribution in [2.75, 3.05) is 21.3 Å². The molecule has 0 saturated carbocycles. The van der Waals surface area contributed by atoms with Crippen LogP contribution in [-0.4, -0.2) is 31.4 Å². The van der Waals surface area contributed by atoms with Crippen molar-refractivity contribution in [3.05, 3.63) is 47.8 Å². The Morgan fingerprint density at radius 2 is 1.65 bits per heavy atom. The summed E-state index contributed by atoms with van der Waals surface area (Å²) in [6, 6.07) is 7.07. The van der Waals surface area contributed by atoms with Crippen LogP contribution in [0.2, 0.25) is 0 Å². The summed E-state index contributed by atoms with van der Waals surface area (Å²) in [5, 5.41) is 10.6. The number of rotatable bonds is 5. The molecule has 106 valence electrons. The lowest BCUT2D eigenvalue weighted by Crippen LogP contribution is -2.05. The molecule has 2 aromatic rings. The van der Waals surface area contributed by atoms with Crippen molar-refractivity contribution in [3.8, 4) is 17.2 Å². The third-order valence-corrected chi connectivity index (χ3v) is 3.03. The van der Waals surface area contributed by atoms with E-state index >= 15 is 0 Å². The molecule has 0 aliphatic heterocycles. The van der Waals surface area contributed by atoms with Crippen LogP contribution in [0.1, 0.15) is 17.2 Å². The van der Waals surface area contributed by atoms with Crippen molar-refractivity contribution >= 4 is 0 Å². The van der Waals surface area contributed by atoms with Crippen molar-refractivity contribution in [1.82, 2.24) is 4.98 Å². The van der Waals surface area contributed by atoms with Gasteiger partial charge < -0.3 is 19.3 Å². The normalized spacial score (nSPS) is 11.8. The Balaban J connectivity index is 2.49. The maximum Gasteiger partial charge on any atom is 0.137 e. The second kappa shape index (κ2) is 6.25. The molecule has 1 unspecified atom stereocenters. The van der Waals surface area contributed by atoms with Gasteiger partial charge in [-0.3, -0.25) is 4.98 Å². The summed E-state index contributed by atoms with van der Waals surface area (Å²) in [7, 11) is 4.65. The zero-order valence-electron chi connectivity index (χ0n) is 11.7. The zero-order chi connectivity index (χ0) is 14.5. The first-order valence-corrected chi connectivity index (χ1v) is 6.09. The molecule has 5 heteroatoms. The molecule has 0 saturated heterocycles. The van der Waals surface area contributed by atoms with Gasteiger partial charge in [0.15, 0.2) is 0 Å². The fourth-order valence-electron chi connectivity index (χ4n) is 2.01. The molecular formula is C15H17NO4. The lowest BCUT2D eigenvalue weighted by Gasteiger charge is -2.18. The lowest BCUT2D eigenvalue weighted by atomic mass is 10.0. The summed E-state index contributed by atoms with van der Waals surface area (Å²) in [4.78, 5) is 4.05. The van der Waals surface area contributed by atoms with Gasteiger partial charge in [0.1, 0.15) is 23.4 Å². The molecule has 0 radical (unpaired) electrons. The van der Waals surface area contributed by atoms with Gasteiger partial charge in [-0.05, 0) is 18.2 Å². The van der Waals surface area contributed by atoms with Gasteiger partial charge in [-0.2, -0.15) is 0 Å². The van der Waals surface area contributed by atoms with Crippen LogP contribution < -0.4 is 14.2 Å². The molecule has 0 aliphatic rings. The number of pyridine rings is 1. The van der Waals surface area contributed by atoms with Gasteiger partial charge in [0.2, 0.25) is 0 Å². The molecule has 0 spiro atoms. The minimum atomic E-state index is -0.913. The number of hydrogen-bond acceptors (Lipinski definition) is 5. The first-order chi connectivity index (χ1) is 9.71. The standard InChI is InChI=1S/C15H17NO4/c1-18-11-7-10(8-16-9-11)15(17)14-12(19-2)5-4-6-13(14)20-3/h4-9,15,17H,1-3H3. The van der Waals surface area contributed by atoms with Gasteiger partial charge in [-0.1, -0.05) is 6.07 Å². The van der Waals surface area contributed by atoms with Crippen LogP contribution in [0, 0.1) is 0 Å².